The third-order valence-corrected chi connectivity index (χ3v) is 3.07. The van der Waals surface area contributed by atoms with E-state index in [1.54, 1.807) is 24.0 Å². The Kier molecular flexibility index (Phi) is 5.31. The first-order valence-corrected chi connectivity index (χ1v) is 6.50. The molecule has 0 saturated heterocycles. The zero-order chi connectivity index (χ0) is 15.3. The zero-order valence-electron chi connectivity index (χ0n) is 11.9. The van der Waals surface area contributed by atoms with Gasteiger partial charge in [-0.25, -0.2) is 0 Å². The summed E-state index contributed by atoms with van der Waals surface area (Å²) in [5, 5.41) is 13.9. The summed E-state index contributed by atoms with van der Waals surface area (Å²) in [6.07, 6.45) is 0. The van der Waals surface area contributed by atoms with Gasteiger partial charge < -0.3 is 16.0 Å². The normalized spacial score (nSPS) is 11.8. The van der Waals surface area contributed by atoms with Gasteiger partial charge in [0, 0.05) is 13.1 Å². The average Bonchev–Trinajstić information content (AvgIpc) is 2.39. The first kappa shape index (κ1) is 15.7. The van der Waals surface area contributed by atoms with Crippen LogP contribution < -0.4 is 11.1 Å². The molecule has 0 fully saturated rings. The lowest BCUT2D eigenvalue weighted by Gasteiger charge is -2.24. The van der Waals surface area contributed by atoms with Crippen molar-refractivity contribution >= 4 is 23.0 Å². The van der Waals surface area contributed by atoms with E-state index in [-0.39, 0.29) is 23.0 Å². The fourth-order valence-electron chi connectivity index (χ4n) is 1.99. The van der Waals surface area contributed by atoms with E-state index in [0.717, 1.165) is 0 Å². The summed E-state index contributed by atoms with van der Waals surface area (Å²) >= 11 is 0. The summed E-state index contributed by atoms with van der Waals surface area (Å²) in [6, 6.07) is 4.05. The summed E-state index contributed by atoms with van der Waals surface area (Å²) < 4.78 is 0. The Morgan fingerprint density at radius 1 is 1.45 bits per heavy atom. The van der Waals surface area contributed by atoms with Crippen LogP contribution in [0.3, 0.4) is 0 Å². The van der Waals surface area contributed by atoms with Gasteiger partial charge in [0.1, 0.15) is 17.4 Å². The van der Waals surface area contributed by atoms with Crippen LogP contribution in [0.15, 0.2) is 18.2 Å². The molecular formula is C13H20N4O3. The number of hydrogen-bond acceptors (Lipinski definition) is 5. The van der Waals surface area contributed by atoms with Crippen molar-refractivity contribution in [2.24, 2.45) is 0 Å². The zero-order valence-corrected chi connectivity index (χ0v) is 11.9. The molecule has 1 atom stereocenters. The maximum absolute atomic E-state index is 12.1. The molecule has 7 nitrogen and oxygen atoms in total. The molecule has 0 radical (unpaired) electrons. The van der Waals surface area contributed by atoms with Gasteiger partial charge in [0.05, 0.1) is 4.92 Å². The largest absolute Gasteiger partial charge is 0.393 e. The van der Waals surface area contributed by atoms with Gasteiger partial charge in [-0.15, -0.1) is 0 Å². The Labute approximate surface area is 117 Å². The first-order chi connectivity index (χ1) is 9.42. The Morgan fingerprint density at radius 2 is 2.05 bits per heavy atom. The van der Waals surface area contributed by atoms with Crippen LogP contribution in [0.2, 0.25) is 0 Å². The first-order valence-electron chi connectivity index (χ1n) is 6.50. The smallest absolute Gasteiger partial charge is 0.314 e. The minimum absolute atomic E-state index is 0.0717. The minimum Gasteiger partial charge on any atom is -0.393 e. The number of carbonyl (C=O) groups is 1. The lowest BCUT2D eigenvalue weighted by molar-refractivity contribution is -0.383. The molecule has 0 spiro atoms. The van der Waals surface area contributed by atoms with Crippen molar-refractivity contribution in [3.05, 3.63) is 28.3 Å². The highest BCUT2D eigenvalue weighted by Crippen LogP contribution is 2.30. The number of amides is 1. The standard InChI is InChI=1S/C13H20N4O3/c1-4-16(5-2)13(18)9(3)15-11-8-6-7-10(14)12(11)17(19)20/h6-9,15H,4-5,14H2,1-3H3. The van der Waals surface area contributed by atoms with Gasteiger partial charge in [0.15, 0.2) is 0 Å². The fourth-order valence-corrected chi connectivity index (χ4v) is 1.99. The number of benzene rings is 1. The molecule has 0 aliphatic rings. The van der Waals surface area contributed by atoms with Crippen LogP contribution in [0.1, 0.15) is 20.8 Å². The van der Waals surface area contributed by atoms with Gasteiger partial charge in [0.25, 0.3) is 0 Å². The molecule has 110 valence electrons. The summed E-state index contributed by atoms with van der Waals surface area (Å²) in [4.78, 5) is 24.3. The number of para-hydroxylation sites is 1. The lowest BCUT2D eigenvalue weighted by atomic mass is 10.2. The Balaban J connectivity index is 2.96. The highest BCUT2D eigenvalue weighted by Gasteiger charge is 2.23. The number of nitro benzene ring substituents is 1. The molecule has 0 aliphatic heterocycles. The quantitative estimate of drug-likeness (QED) is 0.470. The predicted molar refractivity (Wildman–Crippen MR) is 78.5 cm³/mol. The van der Waals surface area contributed by atoms with Crippen molar-refractivity contribution in [2.75, 3.05) is 24.1 Å². The van der Waals surface area contributed by atoms with Gasteiger partial charge in [-0.05, 0) is 32.9 Å². The van der Waals surface area contributed by atoms with Gasteiger partial charge in [-0.3, -0.25) is 14.9 Å². The molecule has 0 bridgehead atoms. The van der Waals surface area contributed by atoms with Gasteiger partial charge >= 0.3 is 5.69 Å². The van der Waals surface area contributed by atoms with Crippen LogP contribution in [0.5, 0.6) is 0 Å². The third kappa shape index (κ3) is 3.37. The second-order valence-corrected chi connectivity index (χ2v) is 4.38. The molecule has 3 N–H and O–H groups in total. The molecule has 1 rings (SSSR count). The van der Waals surface area contributed by atoms with Crippen LogP contribution in [0.4, 0.5) is 17.1 Å². The van der Waals surface area contributed by atoms with E-state index in [1.165, 1.54) is 6.07 Å². The van der Waals surface area contributed by atoms with Gasteiger partial charge in [-0.1, -0.05) is 6.07 Å². The van der Waals surface area contributed by atoms with Gasteiger partial charge in [0.2, 0.25) is 5.91 Å². The monoisotopic (exact) mass is 280 g/mol. The van der Waals surface area contributed by atoms with E-state index in [1.807, 2.05) is 13.8 Å². The number of rotatable bonds is 6. The molecule has 0 aliphatic carbocycles. The van der Waals surface area contributed by atoms with Crippen molar-refractivity contribution in [3.8, 4) is 0 Å². The van der Waals surface area contributed by atoms with Crippen LogP contribution in [-0.2, 0) is 4.79 Å². The third-order valence-electron chi connectivity index (χ3n) is 3.07. The molecule has 20 heavy (non-hydrogen) atoms. The van der Waals surface area contributed by atoms with E-state index < -0.39 is 11.0 Å². The van der Waals surface area contributed by atoms with Crippen molar-refractivity contribution in [1.29, 1.82) is 0 Å². The number of likely N-dealkylation sites (N-methyl/N-ethyl adjacent to an activating group) is 1. The van der Waals surface area contributed by atoms with Crippen LogP contribution >= 0.6 is 0 Å². The number of nitrogens with two attached hydrogens (primary N) is 1. The van der Waals surface area contributed by atoms with Crippen molar-refractivity contribution < 1.29 is 9.72 Å². The second-order valence-electron chi connectivity index (χ2n) is 4.38. The number of nitrogens with zero attached hydrogens (tertiary/aromatic N) is 2. The number of nitrogens with one attached hydrogen (secondary N) is 1. The highest BCUT2D eigenvalue weighted by molar-refractivity contribution is 5.86. The topological polar surface area (TPSA) is 102 Å². The predicted octanol–water partition coefficient (Wildman–Crippen LogP) is 1.85. The summed E-state index contributed by atoms with van der Waals surface area (Å²) in [5.74, 6) is -0.105. The number of hydrogen-bond donors (Lipinski definition) is 2. The van der Waals surface area contributed by atoms with E-state index in [9.17, 15) is 14.9 Å². The maximum Gasteiger partial charge on any atom is 0.314 e. The summed E-state index contributed by atoms with van der Waals surface area (Å²) in [6.45, 7) is 6.64. The van der Waals surface area contributed by atoms with E-state index in [2.05, 4.69) is 5.32 Å². The minimum atomic E-state index is -0.560. The molecule has 0 heterocycles. The molecule has 1 aromatic carbocycles. The molecule has 1 amide bonds. The number of anilines is 2. The van der Waals surface area contributed by atoms with Crippen LogP contribution in [0.25, 0.3) is 0 Å². The van der Waals surface area contributed by atoms with Crippen LogP contribution in [-0.4, -0.2) is 34.9 Å². The van der Waals surface area contributed by atoms with Gasteiger partial charge in [-0.2, -0.15) is 0 Å². The molecular weight excluding hydrogens is 260 g/mol. The molecule has 0 aromatic heterocycles. The number of carbonyl (C=O) groups excluding carboxylic acids is 1. The molecule has 7 heteroatoms. The van der Waals surface area contributed by atoms with E-state index in [4.69, 9.17) is 5.73 Å². The van der Waals surface area contributed by atoms with E-state index in [0.29, 0.717) is 13.1 Å². The summed E-state index contributed by atoms with van der Waals surface area (Å²) in [5.41, 5.74) is 5.73. The summed E-state index contributed by atoms with van der Waals surface area (Å²) in [7, 11) is 0. The van der Waals surface area contributed by atoms with E-state index >= 15 is 0 Å². The fraction of sp³-hybridized carbons (Fsp3) is 0.462. The molecule has 1 unspecified atom stereocenters. The number of nitrogen functional groups attached to an aromatic ring is 1. The average molecular weight is 280 g/mol. The Morgan fingerprint density at radius 3 is 2.55 bits per heavy atom. The van der Waals surface area contributed by atoms with Crippen molar-refractivity contribution in [1.82, 2.24) is 4.90 Å². The van der Waals surface area contributed by atoms with Crippen molar-refractivity contribution in [3.63, 3.8) is 0 Å². The van der Waals surface area contributed by atoms with Crippen LogP contribution in [0, 0.1) is 10.1 Å². The maximum atomic E-state index is 12.1. The lowest BCUT2D eigenvalue weighted by Crippen LogP contribution is -2.41. The number of nitro groups is 1. The second kappa shape index (κ2) is 6.74. The molecule has 0 saturated carbocycles. The molecule has 1 aromatic rings. The highest BCUT2D eigenvalue weighted by atomic mass is 16.6. The van der Waals surface area contributed by atoms with Crippen molar-refractivity contribution in [2.45, 2.75) is 26.8 Å². The Bertz CT molecular complexity index is 500. The Hall–Kier alpha value is -2.31. The SMILES string of the molecule is CCN(CC)C(=O)C(C)Nc1cccc(N)c1[N+](=O)[O-].